The summed E-state index contributed by atoms with van der Waals surface area (Å²) in [4.78, 5) is 19.0. The molecule has 1 unspecified atom stereocenters. The van der Waals surface area contributed by atoms with Crippen molar-refractivity contribution in [3.8, 4) is 11.5 Å². The smallest absolute Gasteiger partial charge is 0.416 e. The second kappa shape index (κ2) is 10.6. The molecule has 2 heterocycles. The summed E-state index contributed by atoms with van der Waals surface area (Å²) < 4.78 is 11.8. The lowest BCUT2D eigenvalue weighted by Gasteiger charge is -2.35. The third-order valence-electron chi connectivity index (χ3n) is 7.44. The fourth-order valence-corrected chi connectivity index (χ4v) is 5.52. The maximum atomic E-state index is 13.6. The quantitative estimate of drug-likeness (QED) is 0.195. The molecular formula is C32H31ClN2O3. The van der Waals surface area contributed by atoms with E-state index in [1.165, 1.54) is 24.0 Å². The zero-order chi connectivity index (χ0) is 26.1. The number of amides is 1. The molecule has 1 aromatic heterocycles. The summed E-state index contributed by atoms with van der Waals surface area (Å²) in [6, 6.07) is 21.5. The number of nitrogens with one attached hydrogen (secondary N) is 1. The summed E-state index contributed by atoms with van der Waals surface area (Å²) in [5, 5.41) is 1.80. The number of hydrogen-bond acceptors (Lipinski definition) is 3. The molecule has 1 amide bonds. The van der Waals surface area contributed by atoms with Gasteiger partial charge in [0.05, 0.1) is 6.61 Å². The minimum atomic E-state index is -0.358. The Balaban J connectivity index is 1.30. The topological polar surface area (TPSA) is 54.6 Å². The van der Waals surface area contributed by atoms with E-state index < -0.39 is 0 Å². The largest absolute Gasteiger partial charge is 0.493 e. The lowest BCUT2D eigenvalue weighted by atomic mass is 9.92. The second-order valence-corrected chi connectivity index (χ2v) is 10.5. The van der Waals surface area contributed by atoms with E-state index in [0.29, 0.717) is 36.3 Å². The lowest BCUT2D eigenvalue weighted by molar-refractivity contribution is 0.135. The van der Waals surface area contributed by atoms with Crippen LogP contribution in [0, 0.1) is 0 Å². The zero-order valence-corrected chi connectivity index (χ0v) is 22.2. The minimum Gasteiger partial charge on any atom is -0.493 e. The van der Waals surface area contributed by atoms with Gasteiger partial charge in [0.2, 0.25) is 0 Å². The highest BCUT2D eigenvalue weighted by Crippen LogP contribution is 2.41. The van der Waals surface area contributed by atoms with Crippen LogP contribution in [0.4, 0.5) is 4.79 Å². The van der Waals surface area contributed by atoms with Crippen LogP contribution in [0.2, 0.25) is 5.02 Å². The Hall–Kier alpha value is -3.70. The molecule has 1 saturated carbocycles. The number of aromatic nitrogens is 1. The summed E-state index contributed by atoms with van der Waals surface area (Å²) in [6.45, 7) is 3.17. The van der Waals surface area contributed by atoms with Crippen LogP contribution >= 0.6 is 11.6 Å². The van der Waals surface area contributed by atoms with Crippen molar-refractivity contribution in [1.82, 2.24) is 9.88 Å². The van der Waals surface area contributed by atoms with E-state index in [0.717, 1.165) is 34.3 Å². The van der Waals surface area contributed by atoms with E-state index in [4.69, 9.17) is 21.1 Å². The number of allylic oxidation sites excluding steroid dienone is 1. The van der Waals surface area contributed by atoms with Gasteiger partial charge in [0, 0.05) is 28.2 Å². The first-order valence-corrected chi connectivity index (χ1v) is 13.7. The van der Waals surface area contributed by atoms with E-state index >= 15 is 0 Å². The number of halogens is 1. The van der Waals surface area contributed by atoms with E-state index in [-0.39, 0.29) is 12.1 Å². The number of hydrogen-bond donors (Lipinski definition) is 1. The molecule has 6 rings (SSSR count). The number of fused-ring (bicyclic) bond motifs is 3. The van der Waals surface area contributed by atoms with Crippen LogP contribution in [-0.2, 0) is 6.42 Å². The number of carbonyl (C=O) groups excluding carboxylic acids is 1. The van der Waals surface area contributed by atoms with Gasteiger partial charge in [-0.2, -0.15) is 0 Å². The highest BCUT2D eigenvalue weighted by atomic mass is 35.5. The first-order chi connectivity index (χ1) is 18.6. The van der Waals surface area contributed by atoms with Gasteiger partial charge in [-0.25, -0.2) is 4.79 Å². The first kappa shape index (κ1) is 24.6. The van der Waals surface area contributed by atoms with E-state index in [9.17, 15) is 4.79 Å². The molecule has 1 atom stereocenters. The molecule has 2 aliphatic rings. The molecule has 0 bridgehead atoms. The molecule has 0 saturated heterocycles. The average molecular weight is 527 g/mol. The molecule has 3 aromatic carbocycles. The van der Waals surface area contributed by atoms with Gasteiger partial charge in [-0.1, -0.05) is 48.0 Å². The number of benzene rings is 3. The van der Waals surface area contributed by atoms with Crippen molar-refractivity contribution in [2.75, 3.05) is 13.2 Å². The van der Waals surface area contributed by atoms with Crippen molar-refractivity contribution in [3.05, 3.63) is 106 Å². The fourth-order valence-electron chi connectivity index (χ4n) is 5.35. The molecule has 1 fully saturated rings. The van der Waals surface area contributed by atoms with Crippen LogP contribution in [0.1, 0.15) is 60.5 Å². The molecule has 0 radical (unpaired) electrons. The molecular weight excluding hydrogens is 496 g/mol. The summed E-state index contributed by atoms with van der Waals surface area (Å²) in [6.07, 6.45) is 7.82. The van der Waals surface area contributed by atoms with Gasteiger partial charge >= 0.3 is 6.09 Å². The predicted octanol–water partition coefficient (Wildman–Crippen LogP) is 8.19. The Bertz CT molecular complexity index is 1470. The number of nitrogens with zero attached hydrogens (tertiary/aromatic N) is 1. The maximum Gasteiger partial charge on any atom is 0.416 e. The summed E-state index contributed by atoms with van der Waals surface area (Å²) >= 11 is 6.34. The second-order valence-electron chi connectivity index (χ2n) is 10.0. The molecule has 194 valence electrons. The summed E-state index contributed by atoms with van der Waals surface area (Å²) in [7, 11) is 0. The molecule has 1 aliphatic carbocycles. The van der Waals surface area contributed by atoms with E-state index in [1.807, 2.05) is 72.5 Å². The lowest BCUT2D eigenvalue weighted by Crippen LogP contribution is -2.42. The van der Waals surface area contributed by atoms with Crippen molar-refractivity contribution in [1.29, 1.82) is 0 Å². The van der Waals surface area contributed by atoms with Crippen molar-refractivity contribution in [2.24, 2.45) is 0 Å². The van der Waals surface area contributed by atoms with Crippen molar-refractivity contribution < 1.29 is 14.3 Å². The van der Waals surface area contributed by atoms with Crippen LogP contribution in [0.15, 0.2) is 78.9 Å². The molecule has 5 nitrogen and oxygen atoms in total. The van der Waals surface area contributed by atoms with Gasteiger partial charge in [0.1, 0.15) is 17.5 Å². The van der Waals surface area contributed by atoms with Gasteiger partial charge in [-0.15, -0.1) is 0 Å². The van der Waals surface area contributed by atoms with E-state index in [1.54, 1.807) is 0 Å². The van der Waals surface area contributed by atoms with Crippen molar-refractivity contribution in [2.45, 2.75) is 44.6 Å². The molecule has 6 heteroatoms. The van der Waals surface area contributed by atoms with Gasteiger partial charge in [0.15, 0.2) is 0 Å². The summed E-state index contributed by atoms with van der Waals surface area (Å²) in [5.74, 6) is 2.04. The van der Waals surface area contributed by atoms with Crippen LogP contribution in [-0.4, -0.2) is 29.1 Å². The van der Waals surface area contributed by atoms with Gasteiger partial charge in [-0.05, 0) is 97.7 Å². The van der Waals surface area contributed by atoms with Crippen molar-refractivity contribution >= 4 is 28.6 Å². The number of ether oxygens (including phenoxy) is 2. The first-order valence-electron chi connectivity index (χ1n) is 13.3. The van der Waals surface area contributed by atoms with Crippen molar-refractivity contribution in [3.63, 3.8) is 0 Å². The van der Waals surface area contributed by atoms with Crippen LogP contribution in [0.5, 0.6) is 11.5 Å². The number of aromatic amines is 1. The Morgan fingerprint density at radius 3 is 2.50 bits per heavy atom. The van der Waals surface area contributed by atoms with Crippen LogP contribution in [0.3, 0.4) is 0 Å². The van der Waals surface area contributed by atoms with Crippen LogP contribution < -0.4 is 9.47 Å². The van der Waals surface area contributed by atoms with Crippen LogP contribution in [0.25, 0.3) is 10.9 Å². The third-order valence-corrected chi connectivity index (χ3v) is 7.68. The third kappa shape index (κ3) is 5.03. The Morgan fingerprint density at radius 1 is 1.03 bits per heavy atom. The molecule has 1 N–H and O–H groups in total. The average Bonchev–Trinajstić information content (AvgIpc) is 3.72. The Morgan fingerprint density at radius 2 is 1.76 bits per heavy atom. The standard InChI is InChI=1S/C32H31ClN2O3/c1-2-3-4-19-37-25-12-9-23(10-13-25)31-30-27(28-20-24(33)11-16-29(28)34-30)17-18-35(31)32(36)38-26-14-7-22(8-15-26)21-5-6-21/h2-3,7-16,20-21,31,34H,4-6,17-19H2,1H3. The van der Waals surface area contributed by atoms with Gasteiger partial charge < -0.3 is 14.5 Å². The predicted molar refractivity (Wildman–Crippen MR) is 151 cm³/mol. The highest BCUT2D eigenvalue weighted by Gasteiger charge is 2.36. The number of H-pyrrole nitrogens is 1. The highest BCUT2D eigenvalue weighted by molar-refractivity contribution is 6.31. The summed E-state index contributed by atoms with van der Waals surface area (Å²) in [5.41, 5.74) is 5.51. The number of carbonyl (C=O) groups is 1. The maximum absolute atomic E-state index is 13.6. The monoisotopic (exact) mass is 526 g/mol. The Kier molecular flexibility index (Phi) is 6.86. The number of rotatable bonds is 7. The normalized spacial score (nSPS) is 17.1. The molecule has 0 spiro atoms. The minimum absolute atomic E-state index is 0.319. The molecule has 4 aromatic rings. The zero-order valence-electron chi connectivity index (χ0n) is 21.5. The Labute approximate surface area is 228 Å². The van der Waals surface area contributed by atoms with E-state index in [2.05, 4.69) is 23.2 Å². The van der Waals surface area contributed by atoms with Gasteiger partial charge in [-0.3, -0.25) is 4.90 Å². The van der Waals surface area contributed by atoms with Gasteiger partial charge in [0.25, 0.3) is 0 Å². The molecule has 38 heavy (non-hydrogen) atoms. The SMILES string of the molecule is CC=CCCOc1ccc(C2c3[nH]c4ccc(Cl)cc4c3CCN2C(=O)Oc2ccc(C3CC3)cc2)cc1. The molecule has 1 aliphatic heterocycles. The fraction of sp³-hybridized carbons (Fsp3) is 0.281.